The van der Waals surface area contributed by atoms with Gasteiger partial charge in [-0.05, 0) is 166 Å². The predicted octanol–water partition coefficient (Wildman–Crippen LogP) is 15.5. The fourth-order valence-corrected chi connectivity index (χ4v) is 24.8. The number of nitrogens with zero attached hydrogens (tertiary/aromatic N) is 25. The van der Waals surface area contributed by atoms with E-state index in [2.05, 4.69) is 135 Å². The molecule has 8 aromatic heterocycles. The van der Waals surface area contributed by atoms with Crippen molar-refractivity contribution in [3.63, 3.8) is 0 Å². The number of amides is 7. The van der Waals surface area contributed by atoms with Crippen LogP contribution in [0.5, 0.6) is 0 Å². The standard InChI is InChI=1S/C29H30ClN7O2S.C27H27ClN6O2S.C26H25ClN6O2S.C25H25ClN6OS/c1-17-5-10-24(38)36(17)16-34-11-13-35(14-12-34)25(39)15-23-28-33-32-20(4)37(28)29-26(18(2)19(3)40-29)27(31-23)21-6-8-22(30)9-7-21;1-5-6-22(35)32-11-13-33(14-12-32)23(36)15-21-26-31-30-18(4)34(26)27-24(16(2)17(3)37-27)25(29-21)19-7-9-20(28)10-8-19;1-5-21(34)31-10-12-32(13-11-31)22(35)14-20-25-30-29-17(4)33(25)26-23(15(2)16(3)36-26)24(28-20)18-6-8-19(27)9-7-18;1-5-30-10-12-31(13-11-30)21(33)14-20-24-29-28-17(4)32(24)25-22(15(2)16(3)34-25)23(27-20)18-6-8-19(26)9-7-18/h5-10,23H,1,11-16H2,2-4H3;1,7-10,21H,6,11-15H2,2-4H3;1,6-9,20H,10-14H2,2-4H3;1,6-9,20H,10-14H2,2-4H3/t23-;21-;2*20-/m0000/s1. The number of aromatic nitrogens is 12. The molecule has 9 aliphatic heterocycles. The molecule has 9 aliphatic rings. The van der Waals surface area contributed by atoms with Crippen molar-refractivity contribution in [1.82, 2.24) is 103 Å². The first-order valence-electron chi connectivity index (χ1n) is 48.3. The minimum absolute atomic E-state index is 0.0255. The summed E-state index contributed by atoms with van der Waals surface area (Å²) in [5, 5.41) is 42.1. The molecule has 0 saturated carbocycles. The van der Waals surface area contributed by atoms with Crippen molar-refractivity contribution in [3.8, 4) is 57.2 Å². The molecule has 4 fully saturated rings. The van der Waals surface area contributed by atoms with Crippen LogP contribution in [0.1, 0.15) is 189 Å². The maximum Gasteiger partial charge on any atom is 0.298 e. The van der Waals surface area contributed by atoms with Gasteiger partial charge in [0.05, 0.1) is 61.6 Å². The van der Waals surface area contributed by atoms with Gasteiger partial charge in [-0.2, -0.15) is 0 Å². The summed E-state index contributed by atoms with van der Waals surface area (Å²) in [4.78, 5) is 132. The van der Waals surface area contributed by atoms with E-state index in [1.807, 2.05) is 149 Å². The molecule has 0 bridgehead atoms. The van der Waals surface area contributed by atoms with Crippen LogP contribution >= 0.6 is 91.8 Å². The number of halogens is 4. The third-order valence-corrected chi connectivity index (χ3v) is 33.9. The molecule has 0 radical (unpaired) electrons. The number of rotatable bonds is 15. The molecule has 4 atom stereocenters. The van der Waals surface area contributed by atoms with Crippen LogP contribution in [0, 0.1) is 120 Å². The summed E-state index contributed by atoms with van der Waals surface area (Å²) in [6.07, 6.45) is 20.1. The molecule has 17 heterocycles. The van der Waals surface area contributed by atoms with Crippen LogP contribution in [-0.2, 0) is 33.6 Å². The lowest BCUT2D eigenvalue weighted by atomic mass is 9.99. The Morgan fingerprint density at radius 3 is 0.864 bits per heavy atom. The lowest BCUT2D eigenvalue weighted by Gasteiger charge is -2.37. The van der Waals surface area contributed by atoms with Crippen LogP contribution in [0.4, 0.5) is 0 Å². The second kappa shape index (κ2) is 43.8. The van der Waals surface area contributed by atoms with Crippen LogP contribution in [0.25, 0.3) is 20.0 Å². The van der Waals surface area contributed by atoms with Gasteiger partial charge in [0.15, 0.2) is 23.3 Å². The van der Waals surface area contributed by atoms with Gasteiger partial charge in [-0.3, -0.25) is 81.6 Å². The number of terminal acetylenes is 3. The number of hydrogen-bond donors (Lipinski definition) is 0. The maximum absolute atomic E-state index is 13.6. The van der Waals surface area contributed by atoms with Gasteiger partial charge in [-0.1, -0.05) is 114 Å². The molecular formula is C107H107Cl4N25O7S4. The average molecular weight is 2130 g/mol. The predicted molar refractivity (Wildman–Crippen MR) is 575 cm³/mol. The number of allylic oxidation sites excluding steroid dienone is 1. The fraction of sp³-hybridized carbons (Fsp3) is 0.355. The van der Waals surface area contributed by atoms with Gasteiger partial charge < -0.3 is 34.3 Å². The number of aliphatic imine (C=N–C) groups is 4. The molecule has 147 heavy (non-hydrogen) atoms. The monoisotopic (exact) mass is 2120 g/mol. The van der Waals surface area contributed by atoms with Crippen molar-refractivity contribution in [3.05, 3.63) is 274 Å². The van der Waals surface area contributed by atoms with Crippen LogP contribution in [-0.4, -0.2) is 279 Å². The first-order chi connectivity index (χ1) is 70.6. The Labute approximate surface area is 888 Å². The van der Waals surface area contributed by atoms with Gasteiger partial charge in [-0.25, -0.2) is 0 Å². The van der Waals surface area contributed by atoms with Gasteiger partial charge in [0, 0.05) is 207 Å². The lowest BCUT2D eigenvalue weighted by Crippen LogP contribution is -2.51. The van der Waals surface area contributed by atoms with E-state index in [0.717, 1.165) is 127 Å². The van der Waals surface area contributed by atoms with Crippen molar-refractivity contribution in [1.29, 1.82) is 0 Å². The van der Waals surface area contributed by atoms with Crippen molar-refractivity contribution in [2.24, 2.45) is 20.0 Å². The van der Waals surface area contributed by atoms with Crippen LogP contribution in [0.3, 0.4) is 0 Å². The highest BCUT2D eigenvalue weighted by atomic mass is 35.5. The minimum Gasteiger partial charge on any atom is -0.340 e. The summed E-state index contributed by atoms with van der Waals surface area (Å²) in [5.74, 6) is 9.79. The fourth-order valence-electron chi connectivity index (χ4n) is 19.4. The largest absolute Gasteiger partial charge is 0.340 e. The molecule has 0 N–H and O–H groups in total. The lowest BCUT2D eigenvalue weighted by molar-refractivity contribution is -0.139. The van der Waals surface area contributed by atoms with E-state index in [1.54, 1.807) is 75.9 Å². The number of aryl methyl sites for hydroxylation is 8. The Morgan fingerprint density at radius 2 is 0.612 bits per heavy atom. The Balaban J connectivity index is 0.000000129. The molecule has 12 aromatic rings. The molecular weight excluding hydrogens is 2020 g/mol. The second-order valence-electron chi connectivity index (χ2n) is 37.1. The Hall–Kier alpha value is -13.7. The highest BCUT2D eigenvalue weighted by Crippen LogP contribution is 2.46. The summed E-state index contributed by atoms with van der Waals surface area (Å²) in [7, 11) is 0. The van der Waals surface area contributed by atoms with Crippen molar-refractivity contribution in [2.45, 2.75) is 139 Å². The van der Waals surface area contributed by atoms with Gasteiger partial charge in [-0.15, -0.1) is 99.0 Å². The zero-order valence-corrected chi connectivity index (χ0v) is 89.7. The van der Waals surface area contributed by atoms with E-state index >= 15 is 0 Å². The van der Waals surface area contributed by atoms with Crippen LogP contribution in [0.2, 0.25) is 20.1 Å². The Morgan fingerprint density at radius 1 is 0.354 bits per heavy atom. The Bertz CT molecular complexity index is 7510. The highest BCUT2D eigenvalue weighted by molar-refractivity contribution is 7.16. The number of hydrogen-bond acceptors (Lipinski definition) is 25. The van der Waals surface area contributed by atoms with Gasteiger partial charge in [0.1, 0.15) is 67.5 Å². The molecule has 0 unspecified atom stereocenters. The smallest absolute Gasteiger partial charge is 0.298 e. The number of piperazine rings is 4. The molecule has 0 aliphatic carbocycles. The van der Waals surface area contributed by atoms with Crippen molar-refractivity contribution in [2.75, 3.05) is 111 Å². The number of thiophene rings is 4. The molecule has 4 aromatic carbocycles. The Kier molecular flexibility index (Phi) is 30.7. The zero-order valence-electron chi connectivity index (χ0n) is 83.4. The van der Waals surface area contributed by atoms with E-state index in [9.17, 15) is 33.6 Å². The molecule has 0 spiro atoms. The number of fused-ring (bicyclic) bond motifs is 12. The highest BCUT2D eigenvalue weighted by Gasteiger charge is 2.42. The van der Waals surface area contributed by atoms with E-state index in [-0.39, 0.29) is 73.5 Å². The van der Waals surface area contributed by atoms with E-state index in [1.165, 1.54) is 31.1 Å². The third-order valence-electron chi connectivity index (χ3n) is 28.1. The van der Waals surface area contributed by atoms with Crippen LogP contribution < -0.4 is 0 Å². The third kappa shape index (κ3) is 21.1. The topological polar surface area (TPSA) is 321 Å². The SMILES string of the molecule is C#CC(=O)N1CCN(C(=O)C[C@@H]2N=C(c3ccc(Cl)cc3)c3c(sc(C)c3C)-n3c(C)nnc32)CC1.C#CCC(=O)N1CCN(C(=O)C[C@@H]2N=C(c3ccc(Cl)cc3)c3c(sc(C)c3C)-n3c(C)nnc32)CC1.C#CN1CCN(C(=O)C[C@@H]2N=C(c3ccc(Cl)cc3)c3c(sc(C)c3C)-n3c(C)nnc32)CC1.C=C1C=CC(=O)N1CN1CCN(C(=O)C[C@@H]2N=C(c3ccc(Cl)cc3)c3c(sc(C)c3C)-n3c(C)nnc32)CC1. The quantitative estimate of drug-likeness (QED) is 0.0861. The number of carbonyl (C=O) groups excluding carboxylic acids is 7. The normalized spacial score (nSPS) is 17.7. The average Bonchev–Trinajstić information content (AvgIpc) is 1.60. The molecule has 32 nitrogen and oxygen atoms in total. The summed E-state index contributed by atoms with van der Waals surface area (Å²) in [6.45, 7) is 37.7. The zero-order chi connectivity index (χ0) is 104. The number of carbonyl (C=O) groups is 7. The van der Waals surface area contributed by atoms with E-state index in [4.69, 9.17) is 85.6 Å². The van der Waals surface area contributed by atoms with Crippen molar-refractivity contribution < 1.29 is 33.6 Å². The van der Waals surface area contributed by atoms with Gasteiger partial charge >= 0.3 is 0 Å². The summed E-state index contributed by atoms with van der Waals surface area (Å²) in [5.41, 5.74) is 16.6. The van der Waals surface area contributed by atoms with Gasteiger partial charge in [0.2, 0.25) is 29.5 Å². The molecule has 21 rings (SSSR count). The van der Waals surface area contributed by atoms with Crippen molar-refractivity contribution >= 4 is 156 Å². The minimum atomic E-state index is -0.519. The van der Waals surface area contributed by atoms with E-state index < -0.39 is 24.2 Å². The first-order valence-corrected chi connectivity index (χ1v) is 53.1. The summed E-state index contributed by atoms with van der Waals surface area (Å²) < 4.78 is 8.21. The van der Waals surface area contributed by atoms with Crippen LogP contribution in [0.15, 0.2) is 141 Å². The molecule has 4 saturated heterocycles. The summed E-state index contributed by atoms with van der Waals surface area (Å²) >= 11 is 31.5. The molecule has 7 amide bonds. The second-order valence-corrected chi connectivity index (χ2v) is 43.7. The molecule has 754 valence electrons. The summed E-state index contributed by atoms with van der Waals surface area (Å²) in [6, 6.07) is 31.3. The van der Waals surface area contributed by atoms with E-state index in [0.29, 0.717) is 160 Å². The first kappa shape index (κ1) is 103. The maximum atomic E-state index is 13.6. The van der Waals surface area contributed by atoms with Gasteiger partial charge in [0.25, 0.3) is 11.8 Å². The molecule has 40 heteroatoms. The number of benzene rings is 4.